The summed E-state index contributed by atoms with van der Waals surface area (Å²) >= 11 is 0. The number of carbonyl (C=O) groups excluding carboxylic acids is 1. The molecular weight excluding hydrogens is 280 g/mol. The van der Waals surface area contributed by atoms with Crippen LogP contribution < -0.4 is 5.32 Å². The summed E-state index contributed by atoms with van der Waals surface area (Å²) in [5.74, 6) is 0.0255. The summed E-state index contributed by atoms with van der Waals surface area (Å²) in [7, 11) is 3.66. The van der Waals surface area contributed by atoms with Gasteiger partial charge in [-0.25, -0.2) is 0 Å². The summed E-state index contributed by atoms with van der Waals surface area (Å²) in [5, 5.41) is 2.70. The van der Waals surface area contributed by atoms with Crippen LogP contribution in [0.2, 0.25) is 0 Å². The monoisotopic (exact) mass is 304 g/mol. The molecule has 2 aliphatic rings. The third kappa shape index (κ3) is 2.99. The second-order valence-electron chi connectivity index (χ2n) is 6.45. The number of hydrogen-bond acceptors (Lipinski definition) is 5. The van der Waals surface area contributed by atoms with Gasteiger partial charge in [0.15, 0.2) is 0 Å². The number of aromatic nitrogens is 1. The lowest BCUT2D eigenvalue weighted by atomic mass is 9.90. The van der Waals surface area contributed by atoms with Gasteiger partial charge < -0.3 is 10.1 Å². The number of carbonyl (C=O) groups is 1. The van der Waals surface area contributed by atoms with Crippen LogP contribution in [-0.2, 0) is 16.1 Å². The Labute approximate surface area is 131 Å². The van der Waals surface area contributed by atoms with Crippen LogP contribution in [0.15, 0.2) is 18.2 Å². The minimum absolute atomic E-state index is 0.0255. The van der Waals surface area contributed by atoms with Crippen LogP contribution >= 0.6 is 0 Å². The quantitative estimate of drug-likeness (QED) is 0.853. The van der Waals surface area contributed by atoms with Crippen LogP contribution in [0.3, 0.4) is 0 Å². The number of amides is 1. The predicted octanol–water partition coefficient (Wildman–Crippen LogP) is 0.0210. The maximum Gasteiger partial charge on any atom is 0.239 e. The van der Waals surface area contributed by atoms with E-state index in [-0.39, 0.29) is 17.6 Å². The van der Waals surface area contributed by atoms with Crippen molar-refractivity contribution in [3.63, 3.8) is 0 Å². The van der Waals surface area contributed by atoms with Crippen LogP contribution in [0.25, 0.3) is 0 Å². The second-order valence-corrected chi connectivity index (χ2v) is 6.45. The van der Waals surface area contributed by atoms with Gasteiger partial charge in [-0.3, -0.25) is 19.6 Å². The van der Waals surface area contributed by atoms with Crippen LogP contribution in [0.1, 0.15) is 11.4 Å². The van der Waals surface area contributed by atoms with Crippen molar-refractivity contribution in [3.05, 3.63) is 29.6 Å². The van der Waals surface area contributed by atoms with Gasteiger partial charge in [0.05, 0.1) is 12.3 Å². The number of morpholine rings is 1. The van der Waals surface area contributed by atoms with E-state index in [9.17, 15) is 4.79 Å². The molecule has 6 heteroatoms. The Kier molecular flexibility index (Phi) is 4.16. The molecule has 6 nitrogen and oxygen atoms in total. The first kappa shape index (κ1) is 15.4. The molecule has 22 heavy (non-hydrogen) atoms. The van der Waals surface area contributed by atoms with E-state index < -0.39 is 0 Å². The van der Waals surface area contributed by atoms with Crippen molar-refractivity contribution in [2.24, 2.45) is 0 Å². The van der Waals surface area contributed by atoms with Crippen LogP contribution in [0.5, 0.6) is 0 Å². The number of nitrogens with one attached hydrogen (secondary N) is 1. The number of ether oxygens (including phenoxy) is 1. The fourth-order valence-corrected chi connectivity index (χ4v) is 3.42. The molecule has 1 N–H and O–H groups in total. The predicted molar refractivity (Wildman–Crippen MR) is 83.4 cm³/mol. The fraction of sp³-hybridized carbons (Fsp3) is 0.625. The van der Waals surface area contributed by atoms with Gasteiger partial charge in [0.2, 0.25) is 5.91 Å². The van der Waals surface area contributed by atoms with Gasteiger partial charge >= 0.3 is 0 Å². The Balaban J connectivity index is 1.54. The highest BCUT2D eigenvalue weighted by molar-refractivity contribution is 5.81. The maximum atomic E-state index is 11.8. The number of nitrogens with zero attached hydrogens (tertiary/aromatic N) is 3. The molecule has 1 spiro atoms. The Morgan fingerprint density at radius 1 is 1.45 bits per heavy atom. The zero-order chi connectivity index (χ0) is 15.7. The number of rotatable bonds is 3. The maximum absolute atomic E-state index is 11.8. The van der Waals surface area contributed by atoms with Gasteiger partial charge in [0, 0.05) is 38.9 Å². The first-order valence-electron chi connectivity index (χ1n) is 7.72. The van der Waals surface area contributed by atoms with Crippen molar-refractivity contribution in [3.8, 4) is 0 Å². The van der Waals surface area contributed by atoms with Gasteiger partial charge in [-0.05, 0) is 26.1 Å². The number of likely N-dealkylation sites (N-methyl/N-ethyl adjacent to an activating group) is 2. The largest absolute Gasteiger partial charge is 0.369 e. The highest BCUT2D eigenvalue weighted by atomic mass is 16.5. The van der Waals surface area contributed by atoms with Crippen molar-refractivity contribution >= 4 is 5.91 Å². The van der Waals surface area contributed by atoms with Crippen LogP contribution in [0.4, 0.5) is 0 Å². The minimum Gasteiger partial charge on any atom is -0.369 e. The third-order valence-electron chi connectivity index (χ3n) is 4.52. The normalized spacial score (nSPS) is 25.0. The van der Waals surface area contributed by atoms with Gasteiger partial charge in [0.25, 0.3) is 0 Å². The lowest BCUT2D eigenvalue weighted by Gasteiger charge is -2.54. The molecular formula is C16H24N4O2. The van der Waals surface area contributed by atoms with E-state index in [1.54, 1.807) is 7.05 Å². The number of pyridine rings is 1. The highest BCUT2D eigenvalue weighted by Gasteiger charge is 2.49. The lowest BCUT2D eigenvalue weighted by Crippen LogP contribution is -2.72. The molecule has 120 valence electrons. The van der Waals surface area contributed by atoms with E-state index >= 15 is 0 Å². The van der Waals surface area contributed by atoms with E-state index in [0.717, 1.165) is 37.6 Å². The molecule has 1 unspecified atom stereocenters. The van der Waals surface area contributed by atoms with Crippen molar-refractivity contribution in [1.29, 1.82) is 0 Å². The number of likely N-dealkylation sites (tertiary alicyclic amines) is 1. The van der Waals surface area contributed by atoms with Crippen LogP contribution in [0, 0.1) is 6.92 Å². The Morgan fingerprint density at radius 3 is 2.86 bits per heavy atom. The minimum atomic E-state index is -0.178. The Bertz CT molecular complexity index is 557. The molecule has 3 heterocycles. The molecule has 1 aromatic rings. The highest BCUT2D eigenvalue weighted by Crippen LogP contribution is 2.31. The summed E-state index contributed by atoms with van der Waals surface area (Å²) in [5.41, 5.74) is 2.03. The fourth-order valence-electron chi connectivity index (χ4n) is 3.42. The van der Waals surface area contributed by atoms with Crippen molar-refractivity contribution < 1.29 is 9.53 Å². The van der Waals surface area contributed by atoms with Crippen molar-refractivity contribution in [1.82, 2.24) is 20.1 Å². The van der Waals surface area contributed by atoms with Crippen molar-refractivity contribution in [2.45, 2.75) is 25.1 Å². The molecule has 0 aromatic carbocycles. The molecule has 2 saturated heterocycles. The first-order valence-corrected chi connectivity index (χ1v) is 7.72. The van der Waals surface area contributed by atoms with E-state index in [4.69, 9.17) is 4.74 Å². The summed E-state index contributed by atoms with van der Waals surface area (Å²) in [6.45, 7) is 5.92. The van der Waals surface area contributed by atoms with Crippen molar-refractivity contribution in [2.75, 3.05) is 40.3 Å². The zero-order valence-corrected chi connectivity index (χ0v) is 13.5. The van der Waals surface area contributed by atoms with Gasteiger partial charge in [-0.2, -0.15) is 0 Å². The molecule has 1 atom stereocenters. The molecule has 0 aliphatic carbocycles. The number of hydrogen-bond donors (Lipinski definition) is 1. The summed E-state index contributed by atoms with van der Waals surface area (Å²) in [6, 6.07) is 5.95. The van der Waals surface area contributed by atoms with E-state index in [1.165, 1.54) is 0 Å². The molecule has 0 radical (unpaired) electrons. The topological polar surface area (TPSA) is 57.7 Å². The van der Waals surface area contributed by atoms with Gasteiger partial charge in [-0.15, -0.1) is 0 Å². The van der Waals surface area contributed by atoms with Gasteiger partial charge in [-0.1, -0.05) is 6.07 Å². The van der Waals surface area contributed by atoms with Gasteiger partial charge in [0.1, 0.15) is 11.6 Å². The molecule has 2 aliphatic heterocycles. The molecule has 2 fully saturated rings. The molecule has 1 amide bonds. The van der Waals surface area contributed by atoms with E-state index in [0.29, 0.717) is 6.61 Å². The second kappa shape index (κ2) is 5.95. The Morgan fingerprint density at radius 2 is 2.23 bits per heavy atom. The average Bonchev–Trinajstić information content (AvgIpc) is 2.45. The molecule has 3 rings (SSSR count). The summed E-state index contributed by atoms with van der Waals surface area (Å²) in [4.78, 5) is 20.8. The van der Waals surface area contributed by atoms with E-state index in [1.807, 2.05) is 26.1 Å². The van der Waals surface area contributed by atoms with E-state index in [2.05, 4.69) is 26.2 Å². The smallest absolute Gasteiger partial charge is 0.239 e. The first-order chi connectivity index (χ1) is 10.5. The van der Waals surface area contributed by atoms with Crippen LogP contribution in [-0.4, -0.2) is 72.7 Å². The zero-order valence-electron chi connectivity index (χ0n) is 13.5. The molecule has 0 saturated carbocycles. The Hall–Kier alpha value is -1.50. The molecule has 0 bridgehead atoms. The number of aryl methyl sites for hydroxylation is 1. The average molecular weight is 304 g/mol. The lowest BCUT2D eigenvalue weighted by molar-refractivity contribution is -0.198. The third-order valence-corrected chi connectivity index (χ3v) is 4.52. The summed E-state index contributed by atoms with van der Waals surface area (Å²) in [6.07, 6.45) is 0. The standard InChI is InChI=1S/C16H24N4O2/c1-12-5-4-6-13(18-12)7-20-10-16(11-20)9-19(3)14(8-22-16)15(21)17-2/h4-6,14H,7-11H2,1-3H3,(H,17,21). The summed E-state index contributed by atoms with van der Waals surface area (Å²) < 4.78 is 6.03. The SMILES string of the molecule is CNC(=O)C1COC2(CN(Cc3cccc(C)n3)C2)CN1C. The molecule has 1 aromatic heterocycles.